The first-order chi connectivity index (χ1) is 14.5. The maximum Gasteiger partial charge on any atom is 0.338 e. The van der Waals surface area contributed by atoms with E-state index in [-0.39, 0.29) is 24.3 Å². The van der Waals surface area contributed by atoms with E-state index in [0.717, 1.165) is 12.8 Å². The first-order valence-electron chi connectivity index (χ1n) is 9.87. The van der Waals surface area contributed by atoms with Gasteiger partial charge in [-0.05, 0) is 55.0 Å². The number of urea groups is 1. The van der Waals surface area contributed by atoms with Gasteiger partial charge in [-0.25, -0.2) is 14.0 Å². The van der Waals surface area contributed by atoms with Crippen LogP contribution in [0.2, 0.25) is 0 Å². The predicted molar refractivity (Wildman–Crippen MR) is 111 cm³/mol. The highest BCUT2D eigenvalue weighted by Crippen LogP contribution is 2.20. The van der Waals surface area contributed by atoms with Gasteiger partial charge in [-0.2, -0.15) is 0 Å². The van der Waals surface area contributed by atoms with Crippen molar-refractivity contribution in [3.8, 4) is 0 Å². The molecule has 1 N–H and O–H groups in total. The second-order valence-corrected chi connectivity index (χ2v) is 6.95. The van der Waals surface area contributed by atoms with Crippen molar-refractivity contribution in [3.05, 3.63) is 59.9 Å². The van der Waals surface area contributed by atoms with Crippen LogP contribution < -0.4 is 10.2 Å². The zero-order chi connectivity index (χ0) is 21.5. The third-order valence-corrected chi connectivity index (χ3v) is 4.70. The van der Waals surface area contributed by atoms with Gasteiger partial charge in [-0.15, -0.1) is 0 Å². The fourth-order valence-corrected chi connectivity index (χ4v) is 3.05. The lowest BCUT2D eigenvalue weighted by Crippen LogP contribution is -2.37. The third kappa shape index (κ3) is 5.34. The molecule has 1 aliphatic heterocycles. The minimum Gasteiger partial charge on any atom is -0.462 e. The molecule has 158 valence electrons. The summed E-state index contributed by atoms with van der Waals surface area (Å²) in [6.45, 7) is 3.12. The zero-order valence-corrected chi connectivity index (χ0v) is 16.8. The van der Waals surface area contributed by atoms with E-state index in [0.29, 0.717) is 36.6 Å². The molecule has 8 heteroatoms. The Balaban J connectivity index is 1.51. The van der Waals surface area contributed by atoms with Gasteiger partial charge in [0, 0.05) is 24.5 Å². The lowest BCUT2D eigenvalue weighted by molar-refractivity contribution is -0.116. The van der Waals surface area contributed by atoms with Crippen LogP contribution in [0.4, 0.5) is 20.6 Å². The van der Waals surface area contributed by atoms with Crippen molar-refractivity contribution in [1.82, 2.24) is 4.90 Å². The summed E-state index contributed by atoms with van der Waals surface area (Å²) in [5, 5.41) is 2.72. The second-order valence-electron chi connectivity index (χ2n) is 6.95. The van der Waals surface area contributed by atoms with Gasteiger partial charge in [-0.1, -0.05) is 13.3 Å². The molecule has 1 saturated heterocycles. The number of carbonyl (C=O) groups excluding carboxylic acids is 3. The lowest BCUT2D eigenvalue weighted by Gasteiger charge is -2.18. The molecule has 0 atom stereocenters. The summed E-state index contributed by atoms with van der Waals surface area (Å²) < 4.78 is 18.2. The number of esters is 1. The van der Waals surface area contributed by atoms with Crippen molar-refractivity contribution in [2.75, 3.05) is 36.5 Å². The van der Waals surface area contributed by atoms with Crippen LogP contribution in [0.25, 0.3) is 0 Å². The molecule has 0 bridgehead atoms. The van der Waals surface area contributed by atoms with Crippen molar-refractivity contribution in [1.29, 1.82) is 0 Å². The Hall–Kier alpha value is -3.42. The third-order valence-electron chi connectivity index (χ3n) is 4.70. The summed E-state index contributed by atoms with van der Waals surface area (Å²) in [5.74, 6) is -1.12. The monoisotopic (exact) mass is 413 g/mol. The maximum atomic E-state index is 13.1. The largest absolute Gasteiger partial charge is 0.462 e. The highest BCUT2D eigenvalue weighted by atomic mass is 19.1. The summed E-state index contributed by atoms with van der Waals surface area (Å²) in [7, 11) is 0. The van der Waals surface area contributed by atoms with Gasteiger partial charge in [0.05, 0.1) is 12.2 Å². The summed E-state index contributed by atoms with van der Waals surface area (Å²) in [6.07, 6.45) is 1.76. The molecule has 3 rings (SSSR count). The number of halogens is 1. The topological polar surface area (TPSA) is 79.0 Å². The molecule has 3 amide bonds. The Morgan fingerprint density at radius 3 is 2.43 bits per heavy atom. The van der Waals surface area contributed by atoms with Gasteiger partial charge in [0.1, 0.15) is 12.4 Å². The summed E-state index contributed by atoms with van der Waals surface area (Å²) in [5.41, 5.74) is 1.52. The van der Waals surface area contributed by atoms with E-state index in [9.17, 15) is 18.8 Å². The van der Waals surface area contributed by atoms with Gasteiger partial charge in [-0.3, -0.25) is 9.69 Å². The molecule has 0 unspecified atom stereocenters. The van der Waals surface area contributed by atoms with E-state index in [4.69, 9.17) is 4.74 Å². The number of amides is 3. The molecule has 0 spiro atoms. The number of rotatable bonds is 8. The van der Waals surface area contributed by atoms with Crippen molar-refractivity contribution in [2.24, 2.45) is 0 Å². The molecular weight excluding hydrogens is 389 g/mol. The molecule has 1 heterocycles. The standard InChI is InChI=1S/C22H24FN3O4/c1-2-3-14-30-21(28)16-4-8-18(9-5-16)24-20(27)15-25-12-13-26(22(25)29)19-10-6-17(23)7-11-19/h4-11H,2-3,12-15H2,1H3,(H,24,27). The first kappa shape index (κ1) is 21.3. The Morgan fingerprint density at radius 1 is 1.07 bits per heavy atom. The zero-order valence-electron chi connectivity index (χ0n) is 16.8. The minimum atomic E-state index is -0.398. The van der Waals surface area contributed by atoms with Crippen molar-refractivity contribution >= 4 is 29.3 Å². The van der Waals surface area contributed by atoms with E-state index < -0.39 is 5.97 Å². The van der Waals surface area contributed by atoms with Crippen molar-refractivity contribution < 1.29 is 23.5 Å². The van der Waals surface area contributed by atoms with E-state index in [1.165, 1.54) is 34.1 Å². The van der Waals surface area contributed by atoms with Gasteiger partial charge in [0.25, 0.3) is 0 Å². The maximum absolute atomic E-state index is 13.1. The number of benzene rings is 2. The summed E-state index contributed by atoms with van der Waals surface area (Å²) >= 11 is 0. The Kier molecular flexibility index (Phi) is 7.00. The van der Waals surface area contributed by atoms with Crippen molar-refractivity contribution in [2.45, 2.75) is 19.8 Å². The summed E-state index contributed by atoms with van der Waals surface area (Å²) in [6, 6.07) is 11.7. The van der Waals surface area contributed by atoms with Crippen LogP contribution in [0.5, 0.6) is 0 Å². The quantitative estimate of drug-likeness (QED) is 0.529. The molecule has 1 fully saturated rings. The SMILES string of the molecule is CCCCOC(=O)c1ccc(NC(=O)CN2CCN(c3ccc(F)cc3)C2=O)cc1. The molecule has 30 heavy (non-hydrogen) atoms. The molecule has 7 nitrogen and oxygen atoms in total. The van der Waals surface area contributed by atoms with Gasteiger partial charge in [0.2, 0.25) is 5.91 Å². The fraction of sp³-hybridized carbons (Fsp3) is 0.318. The number of hydrogen-bond donors (Lipinski definition) is 1. The Bertz CT molecular complexity index is 900. The van der Waals surface area contributed by atoms with Crippen LogP contribution in [0.1, 0.15) is 30.1 Å². The van der Waals surface area contributed by atoms with Crippen LogP contribution in [0.15, 0.2) is 48.5 Å². The Labute approximate surface area is 174 Å². The predicted octanol–water partition coefficient (Wildman–Crippen LogP) is 3.66. The highest BCUT2D eigenvalue weighted by Gasteiger charge is 2.30. The molecule has 0 aromatic heterocycles. The normalized spacial score (nSPS) is 13.5. The minimum absolute atomic E-state index is 0.0999. The number of anilines is 2. The van der Waals surface area contributed by atoms with Gasteiger partial charge >= 0.3 is 12.0 Å². The molecule has 1 aliphatic rings. The molecule has 0 radical (unpaired) electrons. The second kappa shape index (κ2) is 9.87. The molecule has 0 saturated carbocycles. The molecule has 0 aliphatic carbocycles. The first-order valence-corrected chi connectivity index (χ1v) is 9.87. The average molecular weight is 413 g/mol. The summed E-state index contributed by atoms with van der Waals surface area (Å²) in [4.78, 5) is 39.7. The average Bonchev–Trinajstić information content (AvgIpc) is 3.09. The van der Waals surface area contributed by atoms with E-state index >= 15 is 0 Å². The van der Waals surface area contributed by atoms with Crippen LogP contribution in [-0.4, -0.2) is 49.0 Å². The smallest absolute Gasteiger partial charge is 0.338 e. The van der Waals surface area contributed by atoms with Crippen LogP contribution >= 0.6 is 0 Å². The number of unbranched alkanes of at least 4 members (excludes halogenated alkanes) is 1. The van der Waals surface area contributed by atoms with Crippen molar-refractivity contribution in [3.63, 3.8) is 0 Å². The van der Waals surface area contributed by atoms with Crippen LogP contribution in [0.3, 0.4) is 0 Å². The molecular formula is C22H24FN3O4. The number of carbonyl (C=O) groups is 3. The lowest BCUT2D eigenvalue weighted by atomic mass is 10.2. The number of hydrogen-bond acceptors (Lipinski definition) is 4. The van der Waals surface area contributed by atoms with Gasteiger partial charge in [0.15, 0.2) is 0 Å². The molecule has 2 aromatic carbocycles. The highest BCUT2D eigenvalue weighted by molar-refractivity contribution is 5.99. The van der Waals surface area contributed by atoms with E-state index in [1.807, 2.05) is 6.92 Å². The van der Waals surface area contributed by atoms with E-state index in [2.05, 4.69) is 5.32 Å². The van der Waals surface area contributed by atoms with Gasteiger partial charge < -0.3 is 15.0 Å². The van der Waals surface area contributed by atoms with Crippen LogP contribution in [-0.2, 0) is 9.53 Å². The number of ether oxygens (including phenoxy) is 1. The van der Waals surface area contributed by atoms with E-state index in [1.54, 1.807) is 24.3 Å². The van der Waals surface area contributed by atoms with Crippen LogP contribution in [0, 0.1) is 5.82 Å². The Morgan fingerprint density at radius 2 is 1.77 bits per heavy atom. The number of nitrogens with one attached hydrogen (secondary N) is 1. The fourth-order valence-electron chi connectivity index (χ4n) is 3.05. The molecule has 2 aromatic rings. The number of nitrogens with zero attached hydrogens (tertiary/aromatic N) is 2.